The topological polar surface area (TPSA) is 87.5 Å². The number of nitrogens with one attached hydrogen (secondary N) is 1. The molecule has 1 saturated heterocycles. The molecule has 1 aliphatic heterocycles. The Morgan fingerprint density at radius 3 is 2.35 bits per heavy atom. The van der Waals surface area contributed by atoms with Crippen molar-refractivity contribution < 1.29 is 14.0 Å². The molecule has 9 heteroatoms. The maximum Gasteiger partial charge on any atom is 0.321 e. The number of anilines is 1. The molecular formula is C25H26FN5O3. The van der Waals surface area contributed by atoms with Gasteiger partial charge in [-0.05, 0) is 49.2 Å². The number of piperazine rings is 1. The van der Waals surface area contributed by atoms with E-state index in [1.807, 2.05) is 18.2 Å². The molecule has 34 heavy (non-hydrogen) atoms. The van der Waals surface area contributed by atoms with Crippen molar-refractivity contribution in [3.63, 3.8) is 0 Å². The van der Waals surface area contributed by atoms with Crippen LogP contribution in [0.25, 0.3) is 10.9 Å². The van der Waals surface area contributed by atoms with Crippen LogP contribution in [0.15, 0.2) is 53.3 Å². The summed E-state index contributed by atoms with van der Waals surface area (Å²) >= 11 is 0. The van der Waals surface area contributed by atoms with Crippen molar-refractivity contribution >= 4 is 28.5 Å². The quantitative estimate of drug-likeness (QED) is 0.630. The van der Waals surface area contributed by atoms with Crippen LogP contribution in [0.2, 0.25) is 0 Å². The third kappa shape index (κ3) is 4.64. The smallest absolute Gasteiger partial charge is 0.321 e. The van der Waals surface area contributed by atoms with Gasteiger partial charge in [-0.3, -0.25) is 14.2 Å². The van der Waals surface area contributed by atoms with Crippen molar-refractivity contribution in [1.29, 1.82) is 0 Å². The number of hydrogen-bond donors (Lipinski definition) is 1. The van der Waals surface area contributed by atoms with Crippen molar-refractivity contribution in [3.8, 4) is 0 Å². The van der Waals surface area contributed by atoms with Gasteiger partial charge in [0.05, 0.1) is 10.9 Å². The second kappa shape index (κ2) is 9.24. The summed E-state index contributed by atoms with van der Waals surface area (Å²) in [5.41, 5.74) is 1.15. The minimum atomic E-state index is -0.363. The number of urea groups is 1. The number of para-hydroxylation sites is 1. The number of hydrogen-bond acceptors (Lipinski definition) is 4. The van der Waals surface area contributed by atoms with Crippen LogP contribution >= 0.6 is 0 Å². The summed E-state index contributed by atoms with van der Waals surface area (Å²) in [7, 11) is 0. The normalized spacial score (nSPS) is 16.0. The summed E-state index contributed by atoms with van der Waals surface area (Å²) < 4.78 is 14.8. The Balaban J connectivity index is 1.18. The van der Waals surface area contributed by atoms with Gasteiger partial charge in [0.1, 0.15) is 11.6 Å². The number of fused-ring (bicyclic) bond motifs is 1. The van der Waals surface area contributed by atoms with Crippen LogP contribution < -0.4 is 10.9 Å². The molecule has 176 valence electrons. The summed E-state index contributed by atoms with van der Waals surface area (Å²) in [5.74, 6) is 0.290. The summed E-state index contributed by atoms with van der Waals surface area (Å²) in [6, 6.07) is 12.8. The average molecular weight is 464 g/mol. The van der Waals surface area contributed by atoms with Crippen LogP contribution in [-0.2, 0) is 11.2 Å². The van der Waals surface area contributed by atoms with E-state index in [0.29, 0.717) is 55.0 Å². The fourth-order valence-corrected chi connectivity index (χ4v) is 4.35. The third-order valence-electron chi connectivity index (χ3n) is 6.37. The van der Waals surface area contributed by atoms with Gasteiger partial charge in [-0.1, -0.05) is 12.1 Å². The molecule has 1 saturated carbocycles. The van der Waals surface area contributed by atoms with Crippen molar-refractivity contribution in [3.05, 3.63) is 70.5 Å². The molecule has 0 bridgehead atoms. The molecule has 1 N–H and O–H groups in total. The molecule has 1 aromatic heterocycles. The number of aromatic nitrogens is 2. The second-order valence-electron chi connectivity index (χ2n) is 8.76. The van der Waals surface area contributed by atoms with Crippen LogP contribution in [-0.4, -0.2) is 57.5 Å². The number of carbonyl (C=O) groups excluding carboxylic acids is 2. The predicted octanol–water partition coefficient (Wildman–Crippen LogP) is 3.18. The highest BCUT2D eigenvalue weighted by Crippen LogP contribution is 2.35. The molecule has 1 aliphatic carbocycles. The van der Waals surface area contributed by atoms with E-state index in [1.165, 1.54) is 24.3 Å². The first kappa shape index (κ1) is 22.1. The Morgan fingerprint density at radius 1 is 0.971 bits per heavy atom. The molecule has 8 nitrogen and oxygen atoms in total. The molecule has 0 spiro atoms. The molecule has 2 aliphatic rings. The first-order valence-corrected chi connectivity index (χ1v) is 11.6. The Bertz CT molecular complexity index is 1280. The van der Waals surface area contributed by atoms with Crippen molar-refractivity contribution in [2.75, 3.05) is 31.5 Å². The molecule has 2 aromatic carbocycles. The zero-order valence-corrected chi connectivity index (χ0v) is 18.7. The lowest BCUT2D eigenvalue weighted by atomic mass is 10.2. The molecule has 3 amide bonds. The Morgan fingerprint density at radius 2 is 1.65 bits per heavy atom. The first-order chi connectivity index (χ1) is 16.5. The minimum absolute atomic E-state index is 0.0108. The summed E-state index contributed by atoms with van der Waals surface area (Å²) in [5, 5.41) is 3.36. The SMILES string of the molecule is O=C(CCc1nc2ccccc2c(=O)n1C1CC1)N1CCN(C(=O)Nc2ccc(F)cc2)CC1. The van der Waals surface area contributed by atoms with Crippen LogP contribution in [0, 0.1) is 5.82 Å². The molecule has 5 rings (SSSR count). The lowest BCUT2D eigenvalue weighted by Crippen LogP contribution is -2.51. The van der Waals surface area contributed by atoms with Gasteiger partial charge in [-0.25, -0.2) is 14.2 Å². The molecule has 0 radical (unpaired) electrons. The van der Waals surface area contributed by atoms with Gasteiger partial charge in [0.25, 0.3) is 5.56 Å². The van der Waals surface area contributed by atoms with E-state index >= 15 is 0 Å². The van der Waals surface area contributed by atoms with E-state index in [9.17, 15) is 18.8 Å². The second-order valence-corrected chi connectivity index (χ2v) is 8.76. The van der Waals surface area contributed by atoms with Crippen LogP contribution in [0.3, 0.4) is 0 Å². The van der Waals surface area contributed by atoms with E-state index in [0.717, 1.165) is 12.8 Å². The lowest BCUT2D eigenvalue weighted by molar-refractivity contribution is -0.132. The fourth-order valence-electron chi connectivity index (χ4n) is 4.35. The van der Waals surface area contributed by atoms with Gasteiger partial charge in [0.2, 0.25) is 5.91 Å². The highest BCUT2D eigenvalue weighted by Gasteiger charge is 2.29. The van der Waals surface area contributed by atoms with Gasteiger partial charge in [-0.2, -0.15) is 0 Å². The molecule has 0 unspecified atom stereocenters. The van der Waals surface area contributed by atoms with E-state index in [-0.39, 0.29) is 35.8 Å². The average Bonchev–Trinajstić information content (AvgIpc) is 3.69. The predicted molar refractivity (Wildman–Crippen MR) is 126 cm³/mol. The number of rotatable bonds is 5. The van der Waals surface area contributed by atoms with Gasteiger partial charge < -0.3 is 15.1 Å². The van der Waals surface area contributed by atoms with Crippen LogP contribution in [0.5, 0.6) is 0 Å². The highest BCUT2D eigenvalue weighted by atomic mass is 19.1. The van der Waals surface area contributed by atoms with E-state index < -0.39 is 0 Å². The van der Waals surface area contributed by atoms with Crippen LogP contribution in [0.4, 0.5) is 14.9 Å². The molecule has 3 aromatic rings. The minimum Gasteiger partial charge on any atom is -0.339 e. The molecule has 2 heterocycles. The van der Waals surface area contributed by atoms with Gasteiger partial charge in [0.15, 0.2) is 0 Å². The van der Waals surface area contributed by atoms with Crippen LogP contribution in [0.1, 0.15) is 31.1 Å². The lowest BCUT2D eigenvalue weighted by Gasteiger charge is -2.34. The number of halogens is 1. The first-order valence-electron chi connectivity index (χ1n) is 11.6. The summed E-state index contributed by atoms with van der Waals surface area (Å²) in [4.78, 5) is 46.4. The third-order valence-corrected chi connectivity index (χ3v) is 6.37. The fraction of sp³-hybridized carbons (Fsp3) is 0.360. The number of carbonyl (C=O) groups is 2. The van der Waals surface area contributed by atoms with Crippen molar-refractivity contribution in [2.45, 2.75) is 31.7 Å². The highest BCUT2D eigenvalue weighted by molar-refractivity contribution is 5.89. The molecule has 2 fully saturated rings. The zero-order valence-electron chi connectivity index (χ0n) is 18.7. The maximum atomic E-state index is 13.0. The van der Waals surface area contributed by atoms with E-state index in [2.05, 4.69) is 5.32 Å². The zero-order chi connectivity index (χ0) is 23.7. The molecule has 0 atom stereocenters. The Labute approximate surface area is 196 Å². The van der Waals surface area contributed by atoms with Crippen molar-refractivity contribution in [2.24, 2.45) is 0 Å². The number of nitrogens with zero attached hydrogens (tertiary/aromatic N) is 4. The van der Waals surface area contributed by atoms with Crippen molar-refractivity contribution in [1.82, 2.24) is 19.4 Å². The maximum absolute atomic E-state index is 13.0. The standard InChI is InChI=1S/C25H26FN5O3/c26-17-5-7-18(8-6-17)27-25(34)30-15-13-29(14-16-30)23(32)12-11-22-28-21-4-2-1-3-20(21)24(33)31(22)19-9-10-19/h1-8,19H,9-16H2,(H,27,34). The largest absolute Gasteiger partial charge is 0.339 e. The molecular weight excluding hydrogens is 437 g/mol. The number of aryl methyl sites for hydroxylation is 1. The number of benzene rings is 2. The monoisotopic (exact) mass is 463 g/mol. The van der Waals surface area contributed by atoms with Gasteiger partial charge in [-0.15, -0.1) is 0 Å². The Hall–Kier alpha value is -3.75. The summed E-state index contributed by atoms with van der Waals surface area (Å²) in [6.07, 6.45) is 2.59. The number of amides is 3. The van der Waals surface area contributed by atoms with E-state index in [4.69, 9.17) is 4.98 Å². The summed E-state index contributed by atoms with van der Waals surface area (Å²) in [6.45, 7) is 1.71. The van der Waals surface area contributed by atoms with Gasteiger partial charge >= 0.3 is 6.03 Å². The Kier molecular flexibility index (Phi) is 6.00. The van der Waals surface area contributed by atoms with E-state index in [1.54, 1.807) is 20.4 Å². The van der Waals surface area contributed by atoms with Gasteiger partial charge in [0, 0.05) is 50.7 Å².